The lowest BCUT2D eigenvalue weighted by Crippen LogP contribution is -2.42. The Balaban J connectivity index is 1.97. The number of nitrogens with one attached hydrogen (secondary N) is 1. The second-order valence-corrected chi connectivity index (χ2v) is 4.50. The lowest BCUT2D eigenvalue weighted by atomic mass is 9.94. The van der Waals surface area contributed by atoms with Crippen LogP contribution in [-0.4, -0.2) is 35.4 Å². The first kappa shape index (κ1) is 12.8. The van der Waals surface area contributed by atoms with E-state index in [1.165, 1.54) is 12.1 Å². The minimum atomic E-state index is -0.789. The smallest absolute Gasteiger partial charge is 0.271 e. The average Bonchev–Trinajstić information content (AvgIpc) is 2.38. The van der Waals surface area contributed by atoms with Crippen LogP contribution in [0.2, 0.25) is 0 Å². The summed E-state index contributed by atoms with van der Waals surface area (Å²) in [7, 11) is 0. The zero-order chi connectivity index (χ0) is 13.0. The van der Waals surface area contributed by atoms with Crippen molar-refractivity contribution in [3.63, 3.8) is 0 Å². The molecule has 6 nitrogen and oxygen atoms in total. The molecule has 2 rings (SSSR count). The fourth-order valence-corrected chi connectivity index (χ4v) is 1.92. The van der Waals surface area contributed by atoms with Crippen molar-refractivity contribution in [2.45, 2.75) is 18.4 Å². The number of nitro groups is 1. The summed E-state index contributed by atoms with van der Waals surface area (Å²) in [4.78, 5) is 10.2. The van der Waals surface area contributed by atoms with E-state index < -0.39 is 10.5 Å². The van der Waals surface area contributed by atoms with E-state index in [4.69, 9.17) is 4.74 Å². The summed E-state index contributed by atoms with van der Waals surface area (Å²) in [5.41, 5.74) is -0.105. The summed E-state index contributed by atoms with van der Waals surface area (Å²) in [6.07, 6.45) is 1.16. The number of nitrogens with zero attached hydrogens (tertiary/aromatic N) is 1. The van der Waals surface area contributed by atoms with Crippen LogP contribution in [0.5, 0.6) is 0 Å². The van der Waals surface area contributed by atoms with E-state index in [0.717, 1.165) is 0 Å². The molecule has 0 bridgehead atoms. The molecule has 0 saturated carbocycles. The van der Waals surface area contributed by atoms with Crippen molar-refractivity contribution in [3.05, 3.63) is 34.4 Å². The molecule has 2 N–H and O–H groups in total. The standard InChI is InChI=1S/C12H16N2O4/c15-12(4-6-18-7-5-12)9-13-10-2-1-3-11(8-10)14(16)17/h1-3,8,13,15H,4-7,9H2. The molecule has 0 aliphatic carbocycles. The van der Waals surface area contributed by atoms with E-state index >= 15 is 0 Å². The normalized spacial score (nSPS) is 18.3. The van der Waals surface area contributed by atoms with Crippen molar-refractivity contribution in [2.75, 3.05) is 25.1 Å². The van der Waals surface area contributed by atoms with Gasteiger partial charge in [-0.1, -0.05) is 6.07 Å². The highest BCUT2D eigenvalue weighted by atomic mass is 16.6. The fraction of sp³-hybridized carbons (Fsp3) is 0.500. The van der Waals surface area contributed by atoms with Crippen LogP contribution in [0.3, 0.4) is 0 Å². The van der Waals surface area contributed by atoms with Crippen LogP contribution in [-0.2, 0) is 4.74 Å². The summed E-state index contributed by atoms with van der Waals surface area (Å²) in [5.74, 6) is 0. The molecule has 1 fully saturated rings. The molecular weight excluding hydrogens is 236 g/mol. The molecule has 98 valence electrons. The number of rotatable bonds is 4. The maximum atomic E-state index is 10.6. The van der Waals surface area contributed by atoms with E-state index in [1.807, 2.05) is 0 Å². The number of benzene rings is 1. The summed E-state index contributed by atoms with van der Waals surface area (Å²) in [5, 5.41) is 23.9. The summed E-state index contributed by atoms with van der Waals surface area (Å²) in [6.45, 7) is 1.47. The quantitative estimate of drug-likeness (QED) is 0.627. The van der Waals surface area contributed by atoms with Crippen molar-refractivity contribution >= 4 is 11.4 Å². The third-order valence-electron chi connectivity index (χ3n) is 3.10. The predicted molar refractivity (Wildman–Crippen MR) is 66.6 cm³/mol. The molecule has 1 aliphatic heterocycles. The van der Waals surface area contributed by atoms with Gasteiger partial charge in [-0.05, 0) is 6.07 Å². The van der Waals surface area contributed by atoms with Gasteiger partial charge in [-0.15, -0.1) is 0 Å². The second-order valence-electron chi connectivity index (χ2n) is 4.50. The molecule has 0 aromatic heterocycles. The molecule has 0 unspecified atom stereocenters. The van der Waals surface area contributed by atoms with Crippen LogP contribution in [0.1, 0.15) is 12.8 Å². The molecule has 0 amide bonds. The minimum Gasteiger partial charge on any atom is -0.388 e. The SMILES string of the molecule is O=[N+]([O-])c1cccc(NCC2(O)CCOCC2)c1. The lowest BCUT2D eigenvalue weighted by molar-refractivity contribution is -0.384. The molecule has 6 heteroatoms. The first-order valence-corrected chi connectivity index (χ1v) is 5.88. The third kappa shape index (κ3) is 3.18. The number of aliphatic hydroxyl groups is 1. The highest BCUT2D eigenvalue weighted by Crippen LogP contribution is 2.22. The van der Waals surface area contributed by atoms with Crippen molar-refractivity contribution in [1.82, 2.24) is 0 Å². The summed E-state index contributed by atoms with van der Waals surface area (Å²) in [6, 6.07) is 6.27. The molecular formula is C12H16N2O4. The molecule has 0 atom stereocenters. The number of hydrogen-bond donors (Lipinski definition) is 2. The lowest BCUT2D eigenvalue weighted by Gasteiger charge is -2.32. The van der Waals surface area contributed by atoms with Gasteiger partial charge in [-0.25, -0.2) is 0 Å². The zero-order valence-corrected chi connectivity index (χ0v) is 9.96. The van der Waals surface area contributed by atoms with Crippen molar-refractivity contribution < 1.29 is 14.8 Å². The highest BCUT2D eigenvalue weighted by Gasteiger charge is 2.29. The Morgan fingerprint density at radius 1 is 1.44 bits per heavy atom. The number of non-ortho nitro benzene ring substituents is 1. The summed E-state index contributed by atoms with van der Waals surface area (Å²) < 4.78 is 5.19. The van der Waals surface area contributed by atoms with Gasteiger partial charge in [0.05, 0.1) is 10.5 Å². The van der Waals surface area contributed by atoms with Gasteiger partial charge in [0, 0.05) is 50.4 Å². The van der Waals surface area contributed by atoms with E-state index in [0.29, 0.717) is 38.3 Å². The van der Waals surface area contributed by atoms with E-state index in [9.17, 15) is 15.2 Å². The van der Waals surface area contributed by atoms with Gasteiger partial charge in [0.1, 0.15) is 0 Å². The first-order valence-electron chi connectivity index (χ1n) is 5.88. The van der Waals surface area contributed by atoms with E-state index in [2.05, 4.69) is 5.32 Å². The van der Waals surface area contributed by atoms with Gasteiger partial charge in [-0.2, -0.15) is 0 Å². The van der Waals surface area contributed by atoms with Gasteiger partial charge >= 0.3 is 0 Å². The van der Waals surface area contributed by atoms with Gasteiger partial charge < -0.3 is 15.2 Å². The molecule has 18 heavy (non-hydrogen) atoms. The van der Waals surface area contributed by atoms with E-state index in [-0.39, 0.29) is 5.69 Å². The molecule has 0 radical (unpaired) electrons. The Morgan fingerprint density at radius 3 is 2.83 bits per heavy atom. The van der Waals surface area contributed by atoms with Crippen LogP contribution in [0, 0.1) is 10.1 Å². The molecule has 0 spiro atoms. The van der Waals surface area contributed by atoms with Crippen LogP contribution in [0.25, 0.3) is 0 Å². The highest BCUT2D eigenvalue weighted by molar-refractivity contribution is 5.51. The molecule has 1 aliphatic rings. The zero-order valence-electron chi connectivity index (χ0n) is 9.96. The van der Waals surface area contributed by atoms with Gasteiger partial charge in [0.2, 0.25) is 0 Å². The van der Waals surface area contributed by atoms with Gasteiger partial charge in [0.25, 0.3) is 5.69 Å². The van der Waals surface area contributed by atoms with E-state index in [1.54, 1.807) is 12.1 Å². The van der Waals surface area contributed by atoms with Crippen LogP contribution in [0.15, 0.2) is 24.3 Å². The monoisotopic (exact) mass is 252 g/mol. The third-order valence-corrected chi connectivity index (χ3v) is 3.10. The number of hydrogen-bond acceptors (Lipinski definition) is 5. The minimum absolute atomic E-state index is 0.0407. The van der Waals surface area contributed by atoms with Crippen molar-refractivity contribution in [2.24, 2.45) is 0 Å². The molecule has 1 aromatic rings. The predicted octanol–water partition coefficient (Wildman–Crippen LogP) is 1.55. The Hall–Kier alpha value is -1.66. The van der Waals surface area contributed by atoms with Gasteiger partial charge in [0.15, 0.2) is 0 Å². The van der Waals surface area contributed by atoms with Crippen molar-refractivity contribution in [3.8, 4) is 0 Å². The molecule has 1 saturated heterocycles. The largest absolute Gasteiger partial charge is 0.388 e. The average molecular weight is 252 g/mol. The molecule has 1 heterocycles. The van der Waals surface area contributed by atoms with Crippen LogP contribution >= 0.6 is 0 Å². The van der Waals surface area contributed by atoms with Crippen LogP contribution < -0.4 is 5.32 Å². The maximum absolute atomic E-state index is 10.6. The fourth-order valence-electron chi connectivity index (χ4n) is 1.92. The topological polar surface area (TPSA) is 84.6 Å². The molecule has 1 aromatic carbocycles. The maximum Gasteiger partial charge on any atom is 0.271 e. The number of nitro benzene ring substituents is 1. The Bertz CT molecular complexity index is 430. The second kappa shape index (κ2) is 5.32. The number of anilines is 1. The van der Waals surface area contributed by atoms with Gasteiger partial charge in [-0.3, -0.25) is 10.1 Å². The van der Waals surface area contributed by atoms with Crippen molar-refractivity contribution in [1.29, 1.82) is 0 Å². The van der Waals surface area contributed by atoms with Crippen LogP contribution in [0.4, 0.5) is 11.4 Å². The number of ether oxygens (including phenoxy) is 1. The Labute approximate surface area is 105 Å². The first-order chi connectivity index (χ1) is 8.59. The Morgan fingerprint density at radius 2 is 2.17 bits per heavy atom. The summed E-state index contributed by atoms with van der Waals surface area (Å²) >= 11 is 0. The Kier molecular flexibility index (Phi) is 3.78.